The zero-order valence-corrected chi connectivity index (χ0v) is 13.8. The van der Waals surface area contributed by atoms with Gasteiger partial charge in [-0.1, -0.05) is 0 Å². The lowest BCUT2D eigenvalue weighted by atomic mass is 9.95. The van der Waals surface area contributed by atoms with Crippen LogP contribution in [0.5, 0.6) is 0 Å². The molecule has 2 N–H and O–H groups in total. The number of ether oxygens (including phenoxy) is 4. The summed E-state index contributed by atoms with van der Waals surface area (Å²) in [4.78, 5) is 45.0. The Balaban J connectivity index is 3.11. The Labute approximate surface area is 138 Å². The van der Waals surface area contributed by atoms with E-state index in [0.29, 0.717) is 0 Å². The first kappa shape index (κ1) is 19.8. The largest absolute Gasteiger partial charge is 0.463 e. The maximum Gasteiger partial charge on any atom is 0.303 e. The zero-order chi connectivity index (χ0) is 18.4. The molecule has 0 saturated carbocycles. The maximum atomic E-state index is 11.5. The summed E-state index contributed by atoms with van der Waals surface area (Å²) in [7, 11) is 0. The first-order valence-electron chi connectivity index (χ1n) is 7.20. The zero-order valence-electron chi connectivity index (χ0n) is 13.8. The molecule has 10 heteroatoms. The van der Waals surface area contributed by atoms with Crippen LogP contribution in [0.25, 0.3) is 0 Å². The van der Waals surface area contributed by atoms with E-state index in [-0.39, 0.29) is 6.61 Å². The molecule has 1 aliphatic heterocycles. The van der Waals surface area contributed by atoms with E-state index in [1.54, 1.807) is 0 Å². The molecule has 0 radical (unpaired) electrons. The highest BCUT2D eigenvalue weighted by molar-refractivity contribution is 5.73. The summed E-state index contributed by atoms with van der Waals surface area (Å²) in [5.74, 6) is -2.53. The fourth-order valence-corrected chi connectivity index (χ4v) is 2.32. The lowest BCUT2D eigenvalue weighted by Gasteiger charge is -2.43. The Morgan fingerprint density at radius 2 is 1.50 bits per heavy atom. The molecule has 1 heterocycles. The number of amides is 1. The van der Waals surface area contributed by atoms with Gasteiger partial charge in [-0.15, -0.1) is 0 Å². The van der Waals surface area contributed by atoms with Gasteiger partial charge in [0, 0.05) is 27.7 Å². The van der Waals surface area contributed by atoms with Crippen molar-refractivity contribution in [2.45, 2.75) is 58.3 Å². The molecule has 0 spiro atoms. The van der Waals surface area contributed by atoms with E-state index in [1.165, 1.54) is 13.8 Å². The minimum absolute atomic E-state index is 0.304. The molecule has 5 atom stereocenters. The van der Waals surface area contributed by atoms with Crippen LogP contribution in [0.4, 0.5) is 0 Å². The average Bonchev–Trinajstić information content (AvgIpc) is 2.42. The molecule has 0 aromatic rings. The van der Waals surface area contributed by atoms with E-state index < -0.39 is 54.5 Å². The minimum Gasteiger partial charge on any atom is -0.463 e. The Bertz CT molecular complexity index is 506. The normalized spacial score (nSPS) is 29.3. The quantitative estimate of drug-likeness (QED) is 0.456. The summed E-state index contributed by atoms with van der Waals surface area (Å²) in [6.07, 6.45) is -5.22. The van der Waals surface area contributed by atoms with Crippen LogP contribution in [-0.2, 0) is 38.1 Å². The standard InChI is InChI=1S/C14H21NO9/c1-6(16)15-11-10(5-21-7(2)17)24-14(20)13(23-9(4)19)12(11)22-8(3)18/h10-14,20H,5H2,1-4H3,(H,15,16)/t10-,11-,12-,13+,14?/m1/s1. The molecule has 24 heavy (non-hydrogen) atoms. The third-order valence-corrected chi connectivity index (χ3v) is 3.10. The molecule has 1 rings (SSSR count). The minimum atomic E-state index is -1.64. The number of esters is 3. The van der Waals surface area contributed by atoms with Crippen LogP contribution in [0.1, 0.15) is 27.7 Å². The van der Waals surface area contributed by atoms with Gasteiger partial charge in [0.1, 0.15) is 12.7 Å². The number of hydrogen-bond donors (Lipinski definition) is 2. The number of carbonyl (C=O) groups is 4. The van der Waals surface area contributed by atoms with Crippen LogP contribution >= 0.6 is 0 Å². The van der Waals surface area contributed by atoms with Crippen molar-refractivity contribution < 1.29 is 43.2 Å². The topological polar surface area (TPSA) is 137 Å². The van der Waals surface area contributed by atoms with E-state index in [1.807, 2.05) is 0 Å². The Morgan fingerprint density at radius 3 is 1.96 bits per heavy atom. The fourth-order valence-electron chi connectivity index (χ4n) is 2.32. The van der Waals surface area contributed by atoms with Crippen LogP contribution in [0.2, 0.25) is 0 Å². The van der Waals surface area contributed by atoms with Crippen molar-refractivity contribution in [2.75, 3.05) is 6.61 Å². The summed E-state index contributed by atoms with van der Waals surface area (Å²) in [5.41, 5.74) is 0. The number of rotatable bonds is 5. The highest BCUT2D eigenvalue weighted by Gasteiger charge is 2.50. The van der Waals surface area contributed by atoms with Crippen molar-refractivity contribution in [3.8, 4) is 0 Å². The molecule has 0 aliphatic carbocycles. The lowest BCUT2D eigenvalue weighted by Crippen LogP contribution is -2.66. The molecule has 0 aromatic heterocycles. The summed E-state index contributed by atoms with van der Waals surface area (Å²) in [5, 5.41) is 12.5. The average molecular weight is 347 g/mol. The van der Waals surface area contributed by atoms with Gasteiger partial charge >= 0.3 is 17.9 Å². The molecule has 1 unspecified atom stereocenters. The van der Waals surface area contributed by atoms with Gasteiger partial charge < -0.3 is 29.4 Å². The maximum absolute atomic E-state index is 11.5. The van der Waals surface area contributed by atoms with Gasteiger partial charge in [0.15, 0.2) is 18.5 Å². The molecular weight excluding hydrogens is 326 g/mol. The third kappa shape index (κ3) is 5.78. The summed E-state index contributed by atoms with van der Waals surface area (Å²) in [6, 6.07) is -1.00. The van der Waals surface area contributed by atoms with Gasteiger partial charge in [0.25, 0.3) is 0 Å². The monoisotopic (exact) mass is 347 g/mol. The van der Waals surface area contributed by atoms with Crippen molar-refractivity contribution in [1.29, 1.82) is 0 Å². The predicted octanol–water partition coefficient (Wildman–Crippen LogP) is -1.37. The van der Waals surface area contributed by atoms with E-state index >= 15 is 0 Å². The summed E-state index contributed by atoms with van der Waals surface area (Å²) in [6.45, 7) is 4.33. The molecule has 0 bridgehead atoms. The molecule has 1 fully saturated rings. The first-order valence-corrected chi connectivity index (χ1v) is 7.20. The molecule has 136 valence electrons. The van der Waals surface area contributed by atoms with E-state index in [0.717, 1.165) is 13.8 Å². The van der Waals surface area contributed by atoms with Crippen LogP contribution in [-0.4, -0.2) is 66.2 Å². The number of nitrogens with one attached hydrogen (secondary N) is 1. The first-order chi connectivity index (χ1) is 11.1. The molecule has 1 aliphatic rings. The van der Waals surface area contributed by atoms with Crippen LogP contribution in [0.15, 0.2) is 0 Å². The van der Waals surface area contributed by atoms with Crippen molar-refractivity contribution >= 4 is 23.8 Å². The number of aliphatic hydroxyl groups excluding tert-OH is 1. The Kier molecular flexibility index (Phi) is 7.11. The molecule has 10 nitrogen and oxygen atoms in total. The highest BCUT2D eigenvalue weighted by Crippen LogP contribution is 2.25. The van der Waals surface area contributed by atoms with Gasteiger partial charge in [0.05, 0.1) is 6.04 Å². The van der Waals surface area contributed by atoms with Gasteiger partial charge in [0.2, 0.25) is 5.91 Å². The van der Waals surface area contributed by atoms with E-state index in [9.17, 15) is 24.3 Å². The number of hydrogen-bond acceptors (Lipinski definition) is 9. The SMILES string of the molecule is CC(=O)N[C@H]1[C@@H](OC(C)=O)[C@H](OC(C)=O)C(O)O[C@@H]1COC(C)=O. The lowest BCUT2D eigenvalue weighted by molar-refractivity contribution is -0.272. The third-order valence-electron chi connectivity index (χ3n) is 3.10. The van der Waals surface area contributed by atoms with E-state index in [2.05, 4.69) is 5.32 Å². The Morgan fingerprint density at radius 1 is 0.958 bits per heavy atom. The van der Waals surface area contributed by atoms with Crippen molar-refractivity contribution in [3.63, 3.8) is 0 Å². The molecule has 0 aromatic carbocycles. The second-order valence-corrected chi connectivity index (χ2v) is 5.24. The second-order valence-electron chi connectivity index (χ2n) is 5.24. The van der Waals surface area contributed by atoms with Crippen LogP contribution in [0, 0.1) is 0 Å². The van der Waals surface area contributed by atoms with Gasteiger partial charge in [-0.05, 0) is 0 Å². The molecule has 1 amide bonds. The smallest absolute Gasteiger partial charge is 0.303 e. The van der Waals surface area contributed by atoms with Crippen LogP contribution in [0.3, 0.4) is 0 Å². The predicted molar refractivity (Wildman–Crippen MR) is 76.2 cm³/mol. The summed E-state index contributed by atoms with van der Waals surface area (Å²) < 4.78 is 20.2. The van der Waals surface area contributed by atoms with Crippen molar-refractivity contribution in [3.05, 3.63) is 0 Å². The van der Waals surface area contributed by atoms with Crippen molar-refractivity contribution in [2.24, 2.45) is 0 Å². The van der Waals surface area contributed by atoms with E-state index in [4.69, 9.17) is 18.9 Å². The number of aliphatic hydroxyl groups is 1. The second kappa shape index (κ2) is 8.60. The van der Waals surface area contributed by atoms with Gasteiger partial charge in [-0.2, -0.15) is 0 Å². The Hall–Kier alpha value is -2.20. The van der Waals surface area contributed by atoms with Gasteiger partial charge in [-0.25, -0.2) is 0 Å². The van der Waals surface area contributed by atoms with Crippen LogP contribution < -0.4 is 5.32 Å². The fraction of sp³-hybridized carbons (Fsp3) is 0.714. The summed E-state index contributed by atoms with van der Waals surface area (Å²) >= 11 is 0. The number of carbonyl (C=O) groups excluding carboxylic acids is 4. The van der Waals surface area contributed by atoms with Gasteiger partial charge in [-0.3, -0.25) is 19.2 Å². The van der Waals surface area contributed by atoms with Crippen molar-refractivity contribution in [1.82, 2.24) is 5.32 Å². The highest BCUT2D eigenvalue weighted by atomic mass is 16.7. The molecular formula is C14H21NO9. The molecule has 1 saturated heterocycles.